The van der Waals surface area contributed by atoms with Gasteiger partial charge in [0.25, 0.3) is 5.91 Å². The Morgan fingerprint density at radius 2 is 2.15 bits per heavy atom. The molecule has 7 nitrogen and oxygen atoms in total. The number of aryl methyl sites for hydroxylation is 2. The largest absolute Gasteiger partial charge is 0.467 e. The number of carbonyl (C=O) groups is 1. The zero-order valence-electron chi connectivity index (χ0n) is 14.5. The van der Waals surface area contributed by atoms with E-state index in [-0.39, 0.29) is 12.5 Å². The molecule has 0 radical (unpaired) electrons. The first kappa shape index (κ1) is 17.8. The molecule has 1 aromatic carbocycles. The molecule has 0 aliphatic rings. The number of hydrogen-bond acceptors (Lipinski definition) is 7. The maximum absolute atomic E-state index is 11.9. The van der Waals surface area contributed by atoms with E-state index >= 15 is 0 Å². The summed E-state index contributed by atoms with van der Waals surface area (Å²) >= 11 is 1.35. The predicted octanol–water partition coefficient (Wildman–Crippen LogP) is 3.57. The topological polar surface area (TPSA) is 89.0 Å². The highest BCUT2D eigenvalue weighted by Gasteiger charge is 2.08. The van der Waals surface area contributed by atoms with E-state index < -0.39 is 0 Å². The normalized spacial score (nSPS) is 10.4. The molecule has 8 heteroatoms. The second kappa shape index (κ2) is 8.39. The lowest BCUT2D eigenvalue weighted by Gasteiger charge is -2.10. The number of nitrogens with zero attached hydrogens (tertiary/aromatic N) is 3. The Balaban J connectivity index is 1.64. The lowest BCUT2D eigenvalue weighted by Crippen LogP contribution is -2.20. The molecule has 0 aliphatic carbocycles. The van der Waals surface area contributed by atoms with E-state index in [0.29, 0.717) is 17.0 Å². The third-order valence-corrected chi connectivity index (χ3v) is 4.14. The second-order valence-corrected chi connectivity index (χ2v) is 6.42. The first-order valence-corrected chi connectivity index (χ1v) is 9.04. The van der Waals surface area contributed by atoms with Crippen LogP contribution in [-0.2, 0) is 11.2 Å². The van der Waals surface area contributed by atoms with Crippen molar-refractivity contribution in [2.45, 2.75) is 20.3 Å². The van der Waals surface area contributed by atoms with E-state index in [2.05, 4.69) is 38.6 Å². The number of amides is 1. The van der Waals surface area contributed by atoms with Crippen LogP contribution in [0.25, 0.3) is 0 Å². The molecule has 134 valence electrons. The van der Waals surface area contributed by atoms with E-state index in [1.54, 1.807) is 17.6 Å². The molecule has 0 fully saturated rings. The van der Waals surface area contributed by atoms with Gasteiger partial charge in [0.1, 0.15) is 0 Å². The van der Waals surface area contributed by atoms with Crippen LogP contribution in [0.15, 0.2) is 41.9 Å². The summed E-state index contributed by atoms with van der Waals surface area (Å²) < 4.78 is 5.49. The van der Waals surface area contributed by atoms with Gasteiger partial charge in [0.05, 0.1) is 0 Å². The van der Waals surface area contributed by atoms with Gasteiger partial charge in [-0.2, -0.15) is 4.98 Å². The smallest absolute Gasteiger partial charge is 0.264 e. The SMILES string of the molecule is CCc1cccc(Nc2nc(C)cc(OCC(=O)Nc3nccs3)n2)c1. The van der Waals surface area contributed by atoms with Crippen LogP contribution in [0, 0.1) is 6.92 Å². The van der Waals surface area contributed by atoms with Crippen molar-refractivity contribution in [3.63, 3.8) is 0 Å². The van der Waals surface area contributed by atoms with Gasteiger partial charge in [-0.05, 0) is 31.0 Å². The summed E-state index contributed by atoms with van der Waals surface area (Å²) in [5.41, 5.74) is 2.87. The molecule has 3 aromatic rings. The minimum atomic E-state index is -0.290. The molecule has 0 saturated heterocycles. The fourth-order valence-electron chi connectivity index (χ4n) is 2.25. The van der Waals surface area contributed by atoms with E-state index in [4.69, 9.17) is 4.74 Å². The second-order valence-electron chi connectivity index (χ2n) is 5.52. The number of ether oxygens (including phenoxy) is 1. The van der Waals surface area contributed by atoms with Crippen molar-refractivity contribution >= 4 is 34.0 Å². The van der Waals surface area contributed by atoms with Crippen molar-refractivity contribution in [1.29, 1.82) is 0 Å². The first-order chi connectivity index (χ1) is 12.6. The van der Waals surface area contributed by atoms with Crippen LogP contribution in [0.3, 0.4) is 0 Å². The highest BCUT2D eigenvalue weighted by Crippen LogP contribution is 2.18. The summed E-state index contributed by atoms with van der Waals surface area (Å²) in [6.45, 7) is 3.80. The molecule has 2 heterocycles. The van der Waals surface area contributed by atoms with Gasteiger partial charge in [-0.25, -0.2) is 9.97 Å². The molecular formula is C18H19N5O2S. The van der Waals surface area contributed by atoms with Gasteiger partial charge < -0.3 is 10.1 Å². The Morgan fingerprint density at radius 1 is 1.27 bits per heavy atom. The average molecular weight is 369 g/mol. The number of benzene rings is 1. The van der Waals surface area contributed by atoms with Crippen LogP contribution in [0.2, 0.25) is 0 Å². The van der Waals surface area contributed by atoms with Gasteiger partial charge in [0, 0.05) is 29.0 Å². The Labute approximate surface area is 155 Å². The number of anilines is 3. The van der Waals surface area contributed by atoms with Crippen LogP contribution in [-0.4, -0.2) is 27.5 Å². The fourth-order valence-corrected chi connectivity index (χ4v) is 2.79. The third-order valence-electron chi connectivity index (χ3n) is 3.45. The lowest BCUT2D eigenvalue weighted by atomic mass is 10.1. The van der Waals surface area contributed by atoms with E-state index in [1.165, 1.54) is 16.9 Å². The van der Waals surface area contributed by atoms with Gasteiger partial charge >= 0.3 is 0 Å². The van der Waals surface area contributed by atoms with Gasteiger partial charge in [-0.3, -0.25) is 10.1 Å². The van der Waals surface area contributed by atoms with Crippen LogP contribution in [0.5, 0.6) is 5.88 Å². The molecule has 0 aliphatic heterocycles. The average Bonchev–Trinajstić information content (AvgIpc) is 3.12. The van der Waals surface area contributed by atoms with Crippen LogP contribution in [0.4, 0.5) is 16.8 Å². The number of thiazole rings is 1. The Hall–Kier alpha value is -3.00. The van der Waals surface area contributed by atoms with Crippen molar-refractivity contribution in [1.82, 2.24) is 15.0 Å². The van der Waals surface area contributed by atoms with Crippen LogP contribution in [0.1, 0.15) is 18.2 Å². The zero-order valence-corrected chi connectivity index (χ0v) is 15.3. The summed E-state index contributed by atoms with van der Waals surface area (Å²) in [6.07, 6.45) is 2.58. The summed E-state index contributed by atoms with van der Waals surface area (Å²) in [4.78, 5) is 24.6. The lowest BCUT2D eigenvalue weighted by molar-refractivity contribution is -0.118. The van der Waals surface area contributed by atoms with Crippen molar-refractivity contribution in [2.24, 2.45) is 0 Å². The summed E-state index contributed by atoms with van der Waals surface area (Å²) in [5.74, 6) is 0.468. The molecule has 0 saturated carbocycles. The molecule has 0 spiro atoms. The zero-order chi connectivity index (χ0) is 18.4. The van der Waals surface area contributed by atoms with Crippen molar-refractivity contribution in [2.75, 3.05) is 17.2 Å². The molecular weight excluding hydrogens is 350 g/mol. The quantitative estimate of drug-likeness (QED) is 0.662. The summed E-state index contributed by atoms with van der Waals surface area (Å²) in [6, 6.07) is 9.74. The third kappa shape index (κ3) is 5.00. The summed E-state index contributed by atoms with van der Waals surface area (Å²) in [7, 11) is 0. The minimum absolute atomic E-state index is 0.152. The molecule has 2 N–H and O–H groups in total. The van der Waals surface area contributed by atoms with Crippen LogP contribution < -0.4 is 15.4 Å². The van der Waals surface area contributed by atoms with E-state index in [9.17, 15) is 4.79 Å². The number of nitrogens with one attached hydrogen (secondary N) is 2. The Bertz CT molecular complexity index is 883. The highest BCUT2D eigenvalue weighted by molar-refractivity contribution is 7.13. The minimum Gasteiger partial charge on any atom is -0.467 e. The van der Waals surface area contributed by atoms with E-state index in [0.717, 1.165) is 17.8 Å². The standard InChI is InChI=1S/C18H19N5O2S/c1-3-13-5-4-6-14(10-13)21-17-20-12(2)9-16(23-17)25-11-15(24)22-18-19-7-8-26-18/h4-10H,3,11H2,1-2H3,(H,19,22,24)(H,20,21,23). The van der Waals surface area contributed by atoms with Gasteiger partial charge in [-0.15, -0.1) is 11.3 Å². The van der Waals surface area contributed by atoms with Gasteiger partial charge in [0.15, 0.2) is 11.7 Å². The van der Waals surface area contributed by atoms with Crippen molar-refractivity contribution < 1.29 is 9.53 Å². The number of aromatic nitrogens is 3. The molecule has 0 atom stereocenters. The Morgan fingerprint density at radius 3 is 2.92 bits per heavy atom. The van der Waals surface area contributed by atoms with Gasteiger partial charge in [0.2, 0.25) is 11.8 Å². The summed E-state index contributed by atoms with van der Waals surface area (Å²) in [5, 5.41) is 8.16. The van der Waals surface area contributed by atoms with Crippen molar-refractivity contribution in [3.8, 4) is 5.88 Å². The number of hydrogen-bond donors (Lipinski definition) is 2. The molecule has 26 heavy (non-hydrogen) atoms. The molecule has 1 amide bonds. The number of rotatable bonds is 7. The molecule has 0 bridgehead atoms. The maximum atomic E-state index is 11.9. The molecule has 3 rings (SSSR count). The molecule has 0 unspecified atom stereocenters. The maximum Gasteiger partial charge on any atom is 0.264 e. The Kier molecular flexibility index (Phi) is 5.75. The highest BCUT2D eigenvalue weighted by atomic mass is 32.1. The predicted molar refractivity (Wildman–Crippen MR) is 102 cm³/mol. The first-order valence-electron chi connectivity index (χ1n) is 8.16. The van der Waals surface area contributed by atoms with Crippen LogP contribution >= 0.6 is 11.3 Å². The fraction of sp³-hybridized carbons (Fsp3) is 0.222. The number of carbonyl (C=O) groups excluding carboxylic acids is 1. The van der Waals surface area contributed by atoms with Crippen molar-refractivity contribution in [3.05, 3.63) is 53.2 Å². The monoisotopic (exact) mass is 369 g/mol. The van der Waals surface area contributed by atoms with E-state index in [1.807, 2.05) is 25.1 Å². The van der Waals surface area contributed by atoms with Gasteiger partial charge in [-0.1, -0.05) is 19.1 Å². The molecule has 2 aromatic heterocycles.